The summed E-state index contributed by atoms with van der Waals surface area (Å²) < 4.78 is 11.1. The predicted molar refractivity (Wildman–Crippen MR) is 67.5 cm³/mol. The first-order valence-corrected chi connectivity index (χ1v) is 6.17. The predicted octanol–water partition coefficient (Wildman–Crippen LogP) is 3.51. The van der Waals surface area contributed by atoms with E-state index in [-0.39, 0.29) is 0 Å². The van der Waals surface area contributed by atoms with Gasteiger partial charge in [0.1, 0.15) is 0 Å². The maximum Gasteiger partial charge on any atom is 0.165 e. The SMILES string of the molecule is CCOc1cccc(CCl)c1OCCCC#N. The van der Waals surface area contributed by atoms with Gasteiger partial charge in [-0.1, -0.05) is 12.1 Å². The Morgan fingerprint density at radius 1 is 1.35 bits per heavy atom. The number of para-hydroxylation sites is 1. The fourth-order valence-corrected chi connectivity index (χ4v) is 1.64. The number of hydrogen-bond acceptors (Lipinski definition) is 3. The van der Waals surface area contributed by atoms with Crippen molar-refractivity contribution in [2.45, 2.75) is 25.6 Å². The van der Waals surface area contributed by atoms with Crippen LogP contribution in [0.3, 0.4) is 0 Å². The van der Waals surface area contributed by atoms with E-state index in [0.29, 0.717) is 43.4 Å². The number of ether oxygens (including phenoxy) is 2. The number of rotatable bonds is 7. The van der Waals surface area contributed by atoms with Crippen LogP contribution >= 0.6 is 11.6 Å². The van der Waals surface area contributed by atoms with Crippen molar-refractivity contribution in [2.24, 2.45) is 0 Å². The van der Waals surface area contributed by atoms with Crippen LogP contribution in [0.4, 0.5) is 0 Å². The van der Waals surface area contributed by atoms with E-state index >= 15 is 0 Å². The van der Waals surface area contributed by atoms with E-state index in [0.717, 1.165) is 5.56 Å². The van der Waals surface area contributed by atoms with Crippen molar-refractivity contribution < 1.29 is 9.47 Å². The minimum atomic E-state index is 0.383. The minimum Gasteiger partial charge on any atom is -0.490 e. The highest BCUT2D eigenvalue weighted by molar-refractivity contribution is 6.17. The molecule has 0 aromatic heterocycles. The minimum absolute atomic E-state index is 0.383. The number of hydrogen-bond donors (Lipinski definition) is 0. The Morgan fingerprint density at radius 2 is 2.18 bits per heavy atom. The van der Waals surface area contributed by atoms with Crippen LogP contribution in [-0.2, 0) is 5.88 Å². The molecule has 1 rings (SSSR count). The monoisotopic (exact) mass is 253 g/mol. The second-order valence-corrected chi connectivity index (χ2v) is 3.69. The molecule has 0 aliphatic carbocycles. The lowest BCUT2D eigenvalue weighted by Gasteiger charge is -2.14. The van der Waals surface area contributed by atoms with E-state index in [9.17, 15) is 0 Å². The van der Waals surface area contributed by atoms with Crippen LogP contribution in [0.15, 0.2) is 18.2 Å². The second kappa shape index (κ2) is 7.81. The molecule has 0 fully saturated rings. The summed E-state index contributed by atoms with van der Waals surface area (Å²) in [6, 6.07) is 7.75. The summed E-state index contributed by atoms with van der Waals surface area (Å²) in [5, 5.41) is 8.45. The van der Waals surface area contributed by atoms with Crippen LogP contribution < -0.4 is 9.47 Å². The Morgan fingerprint density at radius 3 is 2.82 bits per heavy atom. The van der Waals surface area contributed by atoms with Gasteiger partial charge in [-0.3, -0.25) is 0 Å². The van der Waals surface area contributed by atoms with E-state index < -0.39 is 0 Å². The van der Waals surface area contributed by atoms with E-state index in [4.69, 9.17) is 26.3 Å². The molecule has 4 heteroatoms. The molecule has 17 heavy (non-hydrogen) atoms. The summed E-state index contributed by atoms with van der Waals surface area (Å²) in [4.78, 5) is 0. The largest absolute Gasteiger partial charge is 0.490 e. The van der Waals surface area contributed by atoms with Crippen molar-refractivity contribution in [1.29, 1.82) is 5.26 Å². The Hall–Kier alpha value is -1.40. The Bertz CT molecular complexity index is 387. The molecule has 1 aromatic rings. The van der Waals surface area contributed by atoms with Gasteiger partial charge in [-0.15, -0.1) is 11.6 Å². The molecular weight excluding hydrogens is 238 g/mol. The highest BCUT2D eigenvalue weighted by atomic mass is 35.5. The van der Waals surface area contributed by atoms with Gasteiger partial charge in [-0.05, 0) is 19.4 Å². The molecule has 92 valence electrons. The van der Waals surface area contributed by atoms with Crippen molar-refractivity contribution in [3.63, 3.8) is 0 Å². The lowest BCUT2D eigenvalue weighted by Crippen LogP contribution is -2.03. The normalized spacial score (nSPS) is 9.71. The summed E-state index contributed by atoms with van der Waals surface area (Å²) in [7, 11) is 0. The molecule has 1 aromatic carbocycles. The van der Waals surface area contributed by atoms with Crippen LogP contribution in [-0.4, -0.2) is 13.2 Å². The lowest BCUT2D eigenvalue weighted by atomic mass is 10.2. The molecule has 0 N–H and O–H groups in total. The van der Waals surface area contributed by atoms with Crippen LogP contribution in [0.5, 0.6) is 11.5 Å². The number of benzene rings is 1. The van der Waals surface area contributed by atoms with Crippen molar-refractivity contribution in [3.05, 3.63) is 23.8 Å². The first-order chi connectivity index (χ1) is 8.33. The molecule has 0 bridgehead atoms. The quantitative estimate of drug-likeness (QED) is 0.552. The maximum atomic E-state index is 8.45. The topological polar surface area (TPSA) is 42.2 Å². The third-order valence-electron chi connectivity index (χ3n) is 2.18. The number of halogens is 1. The molecule has 0 atom stereocenters. The van der Waals surface area contributed by atoms with E-state index in [1.165, 1.54) is 0 Å². The highest BCUT2D eigenvalue weighted by Crippen LogP contribution is 2.32. The Labute approximate surface area is 107 Å². The molecule has 0 aliphatic heterocycles. The molecular formula is C13H16ClNO2. The van der Waals surface area contributed by atoms with Gasteiger partial charge in [0.2, 0.25) is 0 Å². The number of alkyl halides is 1. The van der Waals surface area contributed by atoms with Crippen molar-refractivity contribution >= 4 is 11.6 Å². The average Bonchev–Trinajstić information content (AvgIpc) is 2.36. The molecule has 0 spiro atoms. The zero-order valence-corrected chi connectivity index (χ0v) is 10.7. The van der Waals surface area contributed by atoms with Gasteiger partial charge in [0, 0.05) is 12.0 Å². The highest BCUT2D eigenvalue weighted by Gasteiger charge is 2.09. The number of nitriles is 1. The summed E-state index contributed by atoms with van der Waals surface area (Å²) in [6.45, 7) is 3.01. The summed E-state index contributed by atoms with van der Waals surface area (Å²) in [6.07, 6.45) is 1.20. The van der Waals surface area contributed by atoms with Crippen LogP contribution in [0.1, 0.15) is 25.3 Å². The lowest BCUT2D eigenvalue weighted by molar-refractivity contribution is 0.272. The van der Waals surface area contributed by atoms with Gasteiger partial charge in [0.05, 0.1) is 25.2 Å². The van der Waals surface area contributed by atoms with Crippen molar-refractivity contribution in [1.82, 2.24) is 0 Å². The molecule has 0 aliphatic rings. The molecule has 0 amide bonds. The Kier molecular flexibility index (Phi) is 6.27. The van der Waals surface area contributed by atoms with Gasteiger partial charge in [0.25, 0.3) is 0 Å². The van der Waals surface area contributed by atoms with Gasteiger partial charge in [-0.25, -0.2) is 0 Å². The molecule has 0 radical (unpaired) electrons. The number of unbranched alkanes of at least 4 members (excludes halogenated alkanes) is 1. The third-order valence-corrected chi connectivity index (χ3v) is 2.47. The number of nitrogens with zero attached hydrogens (tertiary/aromatic N) is 1. The van der Waals surface area contributed by atoms with E-state index in [1.807, 2.05) is 25.1 Å². The summed E-state index contributed by atoms with van der Waals surface area (Å²) in [5.41, 5.74) is 0.912. The van der Waals surface area contributed by atoms with Crippen molar-refractivity contribution in [3.8, 4) is 17.6 Å². The molecule has 3 nitrogen and oxygen atoms in total. The Balaban J connectivity index is 2.74. The zero-order valence-electron chi connectivity index (χ0n) is 9.91. The smallest absolute Gasteiger partial charge is 0.165 e. The van der Waals surface area contributed by atoms with Crippen LogP contribution in [0, 0.1) is 11.3 Å². The first-order valence-electron chi connectivity index (χ1n) is 5.63. The zero-order chi connectivity index (χ0) is 12.5. The van der Waals surface area contributed by atoms with Crippen molar-refractivity contribution in [2.75, 3.05) is 13.2 Å². The molecule has 0 unspecified atom stereocenters. The van der Waals surface area contributed by atoms with Gasteiger partial charge in [0.15, 0.2) is 11.5 Å². The molecule has 0 saturated heterocycles. The maximum absolute atomic E-state index is 8.45. The summed E-state index contributed by atoms with van der Waals surface area (Å²) in [5.74, 6) is 1.79. The van der Waals surface area contributed by atoms with Gasteiger partial charge in [-0.2, -0.15) is 5.26 Å². The molecule has 0 saturated carbocycles. The van der Waals surface area contributed by atoms with Crippen LogP contribution in [0.2, 0.25) is 0 Å². The third kappa shape index (κ3) is 4.16. The van der Waals surface area contributed by atoms with Crippen LogP contribution in [0.25, 0.3) is 0 Å². The fourth-order valence-electron chi connectivity index (χ4n) is 1.42. The first kappa shape index (κ1) is 13.7. The average molecular weight is 254 g/mol. The summed E-state index contributed by atoms with van der Waals surface area (Å²) >= 11 is 5.86. The molecule has 0 heterocycles. The standard InChI is InChI=1S/C13H16ClNO2/c1-2-16-12-7-5-6-11(10-14)13(12)17-9-4-3-8-15/h5-7H,2-4,9-10H2,1H3. The second-order valence-electron chi connectivity index (χ2n) is 3.42. The van der Waals surface area contributed by atoms with E-state index in [1.54, 1.807) is 0 Å². The fraction of sp³-hybridized carbons (Fsp3) is 0.462. The van der Waals surface area contributed by atoms with Gasteiger partial charge < -0.3 is 9.47 Å². The van der Waals surface area contributed by atoms with E-state index in [2.05, 4.69) is 6.07 Å². The van der Waals surface area contributed by atoms with Gasteiger partial charge >= 0.3 is 0 Å².